The highest BCUT2D eigenvalue weighted by Gasteiger charge is 2.18. The number of aromatic nitrogens is 3. The van der Waals surface area contributed by atoms with Gasteiger partial charge in [0.25, 0.3) is 0 Å². The number of anilines is 1. The Labute approximate surface area is 119 Å². The summed E-state index contributed by atoms with van der Waals surface area (Å²) in [5, 5.41) is 13.8. The first-order valence-corrected chi connectivity index (χ1v) is 6.05. The van der Waals surface area contributed by atoms with E-state index in [-0.39, 0.29) is 17.2 Å². The number of nitrogens with one attached hydrogen (secondary N) is 1. The van der Waals surface area contributed by atoms with Crippen LogP contribution in [0, 0.1) is 10.1 Å². The van der Waals surface area contributed by atoms with Gasteiger partial charge in [-0.3, -0.25) is 10.1 Å². The topological polar surface area (TPSA) is 112 Å². The highest BCUT2D eigenvalue weighted by molar-refractivity contribution is 5.88. The Morgan fingerprint density at radius 2 is 2.33 bits per heavy atom. The lowest BCUT2D eigenvalue weighted by Gasteiger charge is -2.08. The molecular weight excluding hydrogens is 278 g/mol. The average molecular weight is 291 g/mol. The quantitative estimate of drug-likeness (QED) is 0.481. The van der Waals surface area contributed by atoms with Gasteiger partial charge in [0.1, 0.15) is 0 Å². The number of esters is 1. The molecule has 2 aromatic heterocycles. The highest BCUT2D eigenvalue weighted by Crippen LogP contribution is 2.22. The fraction of sp³-hybridized carbons (Fsp3) is 0.250. The van der Waals surface area contributed by atoms with E-state index in [0.29, 0.717) is 13.1 Å². The zero-order valence-electron chi connectivity index (χ0n) is 11.2. The van der Waals surface area contributed by atoms with Gasteiger partial charge in [0, 0.05) is 31.5 Å². The molecule has 1 N–H and O–H groups in total. The van der Waals surface area contributed by atoms with Crippen LogP contribution in [-0.4, -0.2) is 39.1 Å². The molecule has 0 atom stereocenters. The summed E-state index contributed by atoms with van der Waals surface area (Å²) in [6.45, 7) is 0.954. The second-order valence-electron chi connectivity index (χ2n) is 4.04. The number of hydrogen-bond acceptors (Lipinski definition) is 7. The number of ether oxygens (including phenoxy) is 1. The molecule has 9 heteroatoms. The highest BCUT2D eigenvalue weighted by atomic mass is 16.6. The maximum atomic E-state index is 11.4. The van der Waals surface area contributed by atoms with E-state index in [9.17, 15) is 14.9 Å². The molecule has 0 spiro atoms. The first kappa shape index (κ1) is 14.4. The fourth-order valence-electron chi connectivity index (χ4n) is 1.67. The molecule has 0 saturated heterocycles. The Morgan fingerprint density at radius 1 is 1.52 bits per heavy atom. The molecule has 0 aliphatic rings. The smallest absolute Gasteiger partial charge is 0.356 e. The first-order valence-electron chi connectivity index (χ1n) is 6.05. The lowest BCUT2D eigenvalue weighted by molar-refractivity contribution is -0.384. The normalized spacial score (nSPS) is 10.1. The molecule has 0 unspecified atom stereocenters. The van der Waals surface area contributed by atoms with Crippen molar-refractivity contribution >= 4 is 17.5 Å². The molecule has 9 nitrogen and oxygen atoms in total. The van der Waals surface area contributed by atoms with Crippen molar-refractivity contribution in [1.29, 1.82) is 0 Å². The summed E-state index contributed by atoms with van der Waals surface area (Å²) in [5.74, 6) is -0.620. The van der Waals surface area contributed by atoms with Crippen LogP contribution in [-0.2, 0) is 11.3 Å². The predicted octanol–water partition coefficient (Wildman–Crippen LogP) is 1.08. The zero-order valence-corrected chi connectivity index (χ0v) is 11.2. The van der Waals surface area contributed by atoms with Crippen LogP contribution in [0.3, 0.4) is 0 Å². The van der Waals surface area contributed by atoms with E-state index in [1.54, 1.807) is 18.7 Å². The lowest BCUT2D eigenvalue weighted by atomic mass is 10.3. The molecule has 0 aliphatic carbocycles. The number of carbonyl (C=O) groups is 1. The molecule has 21 heavy (non-hydrogen) atoms. The Kier molecular flexibility index (Phi) is 4.44. The minimum Gasteiger partial charge on any atom is -0.464 e. The third-order valence-electron chi connectivity index (χ3n) is 2.69. The van der Waals surface area contributed by atoms with Gasteiger partial charge in [-0.15, -0.1) is 0 Å². The molecule has 110 valence electrons. The number of methoxy groups -OCH3 is 1. The Bertz CT molecular complexity index is 641. The first-order chi connectivity index (χ1) is 10.1. The van der Waals surface area contributed by atoms with Crippen molar-refractivity contribution in [3.63, 3.8) is 0 Å². The predicted molar refractivity (Wildman–Crippen MR) is 72.9 cm³/mol. The van der Waals surface area contributed by atoms with Crippen molar-refractivity contribution in [3.8, 4) is 0 Å². The second-order valence-corrected chi connectivity index (χ2v) is 4.04. The lowest BCUT2D eigenvalue weighted by Crippen LogP contribution is -2.13. The molecule has 0 bridgehead atoms. The molecule has 0 aromatic carbocycles. The number of rotatable bonds is 6. The van der Waals surface area contributed by atoms with Crippen LogP contribution in [0.1, 0.15) is 10.5 Å². The van der Waals surface area contributed by atoms with Crippen LogP contribution in [0.5, 0.6) is 0 Å². The summed E-state index contributed by atoms with van der Waals surface area (Å²) >= 11 is 0. The van der Waals surface area contributed by atoms with Crippen molar-refractivity contribution in [2.75, 3.05) is 19.0 Å². The van der Waals surface area contributed by atoms with Gasteiger partial charge < -0.3 is 14.6 Å². The van der Waals surface area contributed by atoms with E-state index in [4.69, 9.17) is 0 Å². The molecule has 0 fully saturated rings. The Balaban J connectivity index is 2.14. The van der Waals surface area contributed by atoms with Gasteiger partial charge in [-0.25, -0.2) is 14.8 Å². The van der Waals surface area contributed by atoms with Crippen LogP contribution in [0.15, 0.2) is 30.9 Å². The van der Waals surface area contributed by atoms with Crippen LogP contribution in [0.2, 0.25) is 0 Å². The Morgan fingerprint density at radius 3 is 2.95 bits per heavy atom. The molecule has 2 aromatic rings. The zero-order chi connectivity index (χ0) is 15.2. The average Bonchev–Trinajstić information content (AvgIpc) is 2.99. The third kappa shape index (κ3) is 3.53. The van der Waals surface area contributed by atoms with Gasteiger partial charge in [0.05, 0.1) is 18.4 Å². The number of imidazole rings is 1. The summed E-state index contributed by atoms with van der Waals surface area (Å²) in [4.78, 5) is 29.6. The van der Waals surface area contributed by atoms with E-state index in [1.165, 1.54) is 19.2 Å². The molecule has 2 rings (SSSR count). The number of hydrogen-bond donors (Lipinski definition) is 1. The van der Waals surface area contributed by atoms with Gasteiger partial charge in [0.15, 0.2) is 5.69 Å². The molecular formula is C12H13N5O4. The Hall–Kier alpha value is -2.97. The summed E-state index contributed by atoms with van der Waals surface area (Å²) in [6.07, 6.45) is 5.04. The maximum Gasteiger partial charge on any atom is 0.356 e. The SMILES string of the molecule is COC(=O)c1ccc([N+](=O)[O-])c(NCCn2ccnc2)n1. The molecule has 0 aliphatic heterocycles. The molecule has 2 heterocycles. The van der Waals surface area contributed by atoms with Crippen molar-refractivity contribution in [3.05, 3.63) is 46.7 Å². The number of nitro groups is 1. The number of pyridine rings is 1. The summed E-state index contributed by atoms with van der Waals surface area (Å²) in [6, 6.07) is 2.48. The third-order valence-corrected chi connectivity index (χ3v) is 2.69. The van der Waals surface area contributed by atoms with Crippen LogP contribution in [0.4, 0.5) is 11.5 Å². The van der Waals surface area contributed by atoms with Crippen molar-refractivity contribution in [1.82, 2.24) is 14.5 Å². The minimum atomic E-state index is -0.650. The fourth-order valence-corrected chi connectivity index (χ4v) is 1.67. The van der Waals surface area contributed by atoms with E-state index in [0.717, 1.165) is 0 Å². The van der Waals surface area contributed by atoms with Gasteiger partial charge in [-0.05, 0) is 6.07 Å². The number of carbonyl (C=O) groups excluding carboxylic acids is 1. The van der Waals surface area contributed by atoms with Crippen molar-refractivity contribution < 1.29 is 14.5 Å². The minimum absolute atomic E-state index is 0.00762. The van der Waals surface area contributed by atoms with Crippen LogP contribution < -0.4 is 5.32 Å². The monoisotopic (exact) mass is 291 g/mol. The molecule has 0 radical (unpaired) electrons. The molecule has 0 saturated carbocycles. The summed E-state index contributed by atoms with van der Waals surface area (Å²) in [5.41, 5.74) is -0.193. The van der Waals surface area contributed by atoms with E-state index in [2.05, 4.69) is 20.0 Å². The van der Waals surface area contributed by atoms with Crippen LogP contribution in [0.25, 0.3) is 0 Å². The van der Waals surface area contributed by atoms with Gasteiger partial charge in [-0.2, -0.15) is 0 Å². The van der Waals surface area contributed by atoms with E-state index in [1.807, 2.05) is 4.57 Å². The van der Waals surface area contributed by atoms with Gasteiger partial charge in [0.2, 0.25) is 5.82 Å². The van der Waals surface area contributed by atoms with Gasteiger partial charge in [-0.1, -0.05) is 0 Å². The largest absolute Gasteiger partial charge is 0.464 e. The number of nitrogens with zero attached hydrogens (tertiary/aromatic N) is 4. The van der Waals surface area contributed by atoms with E-state index >= 15 is 0 Å². The maximum absolute atomic E-state index is 11.4. The van der Waals surface area contributed by atoms with Crippen molar-refractivity contribution in [2.24, 2.45) is 0 Å². The van der Waals surface area contributed by atoms with Crippen LogP contribution >= 0.6 is 0 Å². The summed E-state index contributed by atoms with van der Waals surface area (Å²) < 4.78 is 6.35. The summed E-state index contributed by atoms with van der Waals surface area (Å²) in [7, 11) is 1.22. The standard InChI is InChI=1S/C12H13N5O4/c1-21-12(18)9-2-3-10(17(19)20)11(15-9)14-5-7-16-6-4-13-8-16/h2-4,6,8H,5,7H2,1H3,(H,14,15). The van der Waals surface area contributed by atoms with E-state index < -0.39 is 10.9 Å². The van der Waals surface area contributed by atoms with Gasteiger partial charge >= 0.3 is 11.7 Å². The molecule has 0 amide bonds. The van der Waals surface area contributed by atoms with Crippen molar-refractivity contribution in [2.45, 2.75) is 6.54 Å². The second kappa shape index (κ2) is 6.46.